The molecule has 1 amide bonds. The lowest BCUT2D eigenvalue weighted by Crippen LogP contribution is -2.31. The molecule has 2 aromatic heterocycles. The van der Waals surface area contributed by atoms with E-state index in [1.807, 2.05) is 55.6 Å². The van der Waals surface area contributed by atoms with Crippen LogP contribution in [-0.2, 0) is 9.53 Å². The third-order valence-electron chi connectivity index (χ3n) is 3.75. The number of rotatable bonds is 6. The zero-order valence-electron chi connectivity index (χ0n) is 14.7. The smallest absolute Gasteiger partial charge is 0.339 e. The van der Waals surface area contributed by atoms with Crippen molar-refractivity contribution in [1.82, 2.24) is 10.3 Å². The number of benzene rings is 1. The molecule has 3 aromatic rings. The Kier molecular flexibility index (Phi) is 5.63. The van der Waals surface area contributed by atoms with E-state index in [0.29, 0.717) is 23.4 Å². The van der Waals surface area contributed by atoms with Gasteiger partial charge in [0.05, 0.1) is 21.7 Å². The van der Waals surface area contributed by atoms with Gasteiger partial charge in [0.25, 0.3) is 5.91 Å². The number of thiophene rings is 1. The molecule has 0 radical (unpaired) electrons. The number of esters is 1. The summed E-state index contributed by atoms with van der Waals surface area (Å²) in [5, 5.41) is 5.40. The molecule has 0 fully saturated rings. The molecule has 1 aromatic carbocycles. The predicted octanol–water partition coefficient (Wildman–Crippen LogP) is 3.89. The average molecular weight is 368 g/mol. The highest BCUT2D eigenvalue weighted by atomic mass is 32.1. The van der Waals surface area contributed by atoms with E-state index in [-0.39, 0.29) is 12.5 Å². The molecule has 0 atom stereocenters. The molecule has 0 unspecified atom stereocenters. The number of fused-ring (bicyclic) bond motifs is 1. The van der Waals surface area contributed by atoms with Crippen LogP contribution in [0, 0.1) is 5.92 Å². The minimum Gasteiger partial charge on any atom is -0.452 e. The number of carbonyl (C=O) groups is 2. The molecule has 3 rings (SSSR count). The summed E-state index contributed by atoms with van der Waals surface area (Å²) >= 11 is 1.55. The van der Waals surface area contributed by atoms with Gasteiger partial charge in [0.2, 0.25) is 0 Å². The van der Waals surface area contributed by atoms with E-state index in [4.69, 9.17) is 4.74 Å². The van der Waals surface area contributed by atoms with E-state index < -0.39 is 5.97 Å². The molecular formula is C20H20N2O3S. The van der Waals surface area contributed by atoms with Gasteiger partial charge >= 0.3 is 5.97 Å². The Labute approximate surface area is 156 Å². The van der Waals surface area contributed by atoms with Crippen molar-refractivity contribution in [2.75, 3.05) is 13.2 Å². The van der Waals surface area contributed by atoms with Crippen molar-refractivity contribution in [3.63, 3.8) is 0 Å². The van der Waals surface area contributed by atoms with Crippen LogP contribution < -0.4 is 5.32 Å². The molecule has 134 valence electrons. The van der Waals surface area contributed by atoms with Crippen molar-refractivity contribution in [3.05, 3.63) is 53.4 Å². The number of carbonyl (C=O) groups excluding carboxylic acids is 2. The number of ether oxygens (including phenoxy) is 1. The first-order valence-electron chi connectivity index (χ1n) is 8.42. The first-order valence-corrected chi connectivity index (χ1v) is 9.30. The molecule has 5 nitrogen and oxygen atoms in total. The topological polar surface area (TPSA) is 68.3 Å². The number of nitrogens with one attached hydrogen (secondary N) is 1. The maximum absolute atomic E-state index is 12.6. The molecule has 26 heavy (non-hydrogen) atoms. The molecule has 1 N–H and O–H groups in total. The largest absolute Gasteiger partial charge is 0.452 e. The van der Waals surface area contributed by atoms with Gasteiger partial charge in [-0.3, -0.25) is 4.79 Å². The molecule has 0 saturated heterocycles. The van der Waals surface area contributed by atoms with E-state index in [1.165, 1.54) is 0 Å². The Bertz CT molecular complexity index is 920. The van der Waals surface area contributed by atoms with E-state index >= 15 is 0 Å². The standard InChI is InChI=1S/C20H20N2O3S/c1-13(2)11-21-19(23)12-25-20(24)15-10-17(18-8-5-9-26-18)22-16-7-4-3-6-14(15)16/h3-10,13H,11-12H2,1-2H3,(H,21,23). The molecule has 2 heterocycles. The number of para-hydroxylation sites is 1. The second-order valence-corrected chi connectivity index (χ2v) is 7.27. The van der Waals surface area contributed by atoms with E-state index in [9.17, 15) is 9.59 Å². The Morgan fingerprint density at radius 3 is 2.73 bits per heavy atom. The number of aromatic nitrogens is 1. The molecule has 6 heteroatoms. The Morgan fingerprint density at radius 2 is 2.00 bits per heavy atom. The summed E-state index contributed by atoms with van der Waals surface area (Å²) in [6.45, 7) is 4.26. The predicted molar refractivity (Wildman–Crippen MR) is 103 cm³/mol. The quantitative estimate of drug-likeness (QED) is 0.670. The lowest BCUT2D eigenvalue weighted by molar-refractivity contribution is -0.124. The Hall–Kier alpha value is -2.73. The number of hydrogen-bond donors (Lipinski definition) is 1. The van der Waals surface area contributed by atoms with Crippen LogP contribution >= 0.6 is 11.3 Å². The van der Waals surface area contributed by atoms with Crippen molar-refractivity contribution in [2.45, 2.75) is 13.8 Å². The number of nitrogens with zero attached hydrogens (tertiary/aromatic N) is 1. The Morgan fingerprint density at radius 1 is 1.19 bits per heavy atom. The van der Waals surface area contributed by atoms with Crippen molar-refractivity contribution < 1.29 is 14.3 Å². The molecule has 0 aliphatic rings. The molecule has 0 aliphatic carbocycles. The van der Waals surface area contributed by atoms with Crippen molar-refractivity contribution >= 4 is 34.1 Å². The Balaban J connectivity index is 1.84. The fourth-order valence-corrected chi connectivity index (χ4v) is 3.16. The van der Waals surface area contributed by atoms with Gasteiger partial charge < -0.3 is 10.1 Å². The van der Waals surface area contributed by atoms with E-state index in [2.05, 4.69) is 10.3 Å². The van der Waals surface area contributed by atoms with Gasteiger partial charge in [0.1, 0.15) is 0 Å². The van der Waals surface area contributed by atoms with Crippen molar-refractivity contribution in [3.8, 4) is 10.6 Å². The van der Waals surface area contributed by atoms with Gasteiger partial charge in [0, 0.05) is 11.9 Å². The summed E-state index contributed by atoms with van der Waals surface area (Å²) in [6.07, 6.45) is 0. The summed E-state index contributed by atoms with van der Waals surface area (Å²) in [5.41, 5.74) is 1.85. The van der Waals surface area contributed by atoms with E-state index in [1.54, 1.807) is 17.4 Å². The number of pyridine rings is 1. The minimum atomic E-state index is -0.527. The molecule has 0 spiro atoms. The van der Waals surface area contributed by atoms with Gasteiger partial charge in [-0.15, -0.1) is 11.3 Å². The average Bonchev–Trinajstić information content (AvgIpc) is 3.18. The fourth-order valence-electron chi connectivity index (χ4n) is 2.47. The summed E-state index contributed by atoms with van der Waals surface area (Å²) in [6, 6.07) is 13.0. The SMILES string of the molecule is CC(C)CNC(=O)COC(=O)c1cc(-c2cccs2)nc2ccccc12. The number of amides is 1. The molecular weight excluding hydrogens is 348 g/mol. The van der Waals surface area contributed by atoms with Crippen LogP contribution in [0.15, 0.2) is 47.8 Å². The second kappa shape index (κ2) is 8.10. The fraction of sp³-hybridized carbons (Fsp3) is 0.250. The van der Waals surface area contributed by atoms with Gasteiger partial charge in [-0.05, 0) is 29.5 Å². The van der Waals surface area contributed by atoms with Crippen LogP contribution in [0.25, 0.3) is 21.5 Å². The van der Waals surface area contributed by atoms with Crippen LogP contribution in [0.3, 0.4) is 0 Å². The van der Waals surface area contributed by atoms with Crippen molar-refractivity contribution in [2.24, 2.45) is 5.92 Å². The van der Waals surface area contributed by atoms with Gasteiger partial charge in [-0.1, -0.05) is 38.1 Å². The zero-order chi connectivity index (χ0) is 18.5. The lowest BCUT2D eigenvalue weighted by Gasteiger charge is -2.10. The first-order chi connectivity index (χ1) is 12.5. The molecule has 0 aliphatic heterocycles. The van der Waals surface area contributed by atoms with Crippen LogP contribution in [-0.4, -0.2) is 30.0 Å². The van der Waals surface area contributed by atoms with Gasteiger partial charge in [-0.2, -0.15) is 0 Å². The summed E-state index contributed by atoms with van der Waals surface area (Å²) in [5.74, 6) is -0.489. The van der Waals surface area contributed by atoms with Crippen LogP contribution in [0.1, 0.15) is 24.2 Å². The first kappa shape index (κ1) is 18.1. The minimum absolute atomic E-state index is 0.295. The highest BCUT2D eigenvalue weighted by molar-refractivity contribution is 7.13. The zero-order valence-corrected chi connectivity index (χ0v) is 15.5. The van der Waals surface area contributed by atoms with Crippen LogP contribution in [0.5, 0.6) is 0 Å². The highest BCUT2D eigenvalue weighted by Gasteiger charge is 2.16. The maximum atomic E-state index is 12.6. The normalized spacial score (nSPS) is 10.9. The van der Waals surface area contributed by atoms with Gasteiger partial charge in [0.15, 0.2) is 6.61 Å². The van der Waals surface area contributed by atoms with Crippen molar-refractivity contribution in [1.29, 1.82) is 0 Å². The van der Waals surface area contributed by atoms with Gasteiger partial charge in [-0.25, -0.2) is 9.78 Å². The third kappa shape index (κ3) is 4.26. The summed E-state index contributed by atoms with van der Waals surface area (Å²) < 4.78 is 5.23. The second-order valence-electron chi connectivity index (χ2n) is 6.32. The third-order valence-corrected chi connectivity index (χ3v) is 4.64. The lowest BCUT2D eigenvalue weighted by atomic mass is 10.1. The molecule has 0 saturated carbocycles. The monoisotopic (exact) mass is 368 g/mol. The van der Waals surface area contributed by atoms with E-state index in [0.717, 1.165) is 16.1 Å². The number of hydrogen-bond acceptors (Lipinski definition) is 5. The summed E-state index contributed by atoms with van der Waals surface area (Å²) in [7, 11) is 0. The molecule has 0 bridgehead atoms. The van der Waals surface area contributed by atoms with Crippen LogP contribution in [0.4, 0.5) is 0 Å². The summed E-state index contributed by atoms with van der Waals surface area (Å²) in [4.78, 5) is 30.0. The maximum Gasteiger partial charge on any atom is 0.339 e. The highest BCUT2D eigenvalue weighted by Crippen LogP contribution is 2.28. The van der Waals surface area contributed by atoms with Crippen LogP contribution in [0.2, 0.25) is 0 Å².